The quantitative estimate of drug-likeness (QED) is 0.478. The number of nitrogens with one attached hydrogen (secondary N) is 2. The van der Waals surface area contributed by atoms with Crippen molar-refractivity contribution in [3.63, 3.8) is 0 Å². The van der Waals surface area contributed by atoms with Crippen LogP contribution in [-0.2, 0) is 24.8 Å². The lowest BCUT2D eigenvalue weighted by Gasteiger charge is -2.36. The van der Waals surface area contributed by atoms with E-state index in [1.807, 2.05) is 0 Å². The van der Waals surface area contributed by atoms with Crippen molar-refractivity contribution in [2.45, 2.75) is 47.3 Å². The van der Waals surface area contributed by atoms with Gasteiger partial charge in [0.05, 0.1) is 34.6 Å². The second-order valence-corrected chi connectivity index (χ2v) is 11.3. The Morgan fingerprint density at radius 3 is 2.38 bits per heavy atom. The number of rotatable bonds is 9. The Hall–Kier alpha value is -1.60. The van der Waals surface area contributed by atoms with E-state index in [2.05, 4.69) is 9.44 Å². The van der Waals surface area contributed by atoms with Crippen LogP contribution < -0.4 is 9.44 Å². The van der Waals surface area contributed by atoms with Gasteiger partial charge in [0.2, 0.25) is 20.0 Å². The molecule has 32 heavy (non-hydrogen) atoms. The number of hydrogen-bond acceptors (Lipinski definition) is 6. The zero-order valence-electron chi connectivity index (χ0n) is 16.9. The Balaban J connectivity index is 1.55. The van der Waals surface area contributed by atoms with Crippen molar-refractivity contribution in [3.05, 3.63) is 59.4 Å². The first kappa shape index (κ1) is 25.0. The summed E-state index contributed by atoms with van der Waals surface area (Å²) in [6, 6.07) is 9.87. The van der Waals surface area contributed by atoms with Gasteiger partial charge in [-0.3, -0.25) is 0 Å². The molecule has 0 aromatic heterocycles. The average molecular weight is 507 g/mol. The maximum absolute atomic E-state index is 13.3. The van der Waals surface area contributed by atoms with Gasteiger partial charge in [0.15, 0.2) is 0 Å². The number of halogens is 2. The highest BCUT2D eigenvalue weighted by Crippen LogP contribution is 2.24. The van der Waals surface area contributed by atoms with E-state index in [0.29, 0.717) is 19.3 Å². The van der Waals surface area contributed by atoms with E-state index in [-0.39, 0.29) is 27.5 Å². The van der Waals surface area contributed by atoms with Crippen LogP contribution in [0, 0.1) is 5.82 Å². The molecule has 3 rings (SSSR count). The Bertz CT molecular complexity index is 1150. The van der Waals surface area contributed by atoms with Gasteiger partial charge in [0.1, 0.15) is 5.82 Å². The second-order valence-electron chi connectivity index (χ2n) is 7.39. The molecule has 0 amide bonds. The van der Waals surface area contributed by atoms with Crippen LogP contribution in [0.25, 0.3) is 0 Å². The zero-order chi connectivity index (χ0) is 23.4. The molecule has 0 aliphatic carbocycles. The highest BCUT2D eigenvalue weighted by atomic mass is 35.5. The standard InChI is InChI=1S/C20H24ClFN2O6S2/c21-14-3-1-5-17(11-14)32(28,29)24-19-8-7-16(30-20(19)13-25)9-10-23-31(26,27)18-6-2-4-15(22)12-18/h1-6,11-12,16,19-20,23-25H,7-10,13H2/t16-,19+,20+/m1/s1. The smallest absolute Gasteiger partial charge is 0.240 e. The zero-order valence-corrected chi connectivity index (χ0v) is 19.3. The number of aliphatic hydroxyl groups excluding tert-OH is 1. The molecule has 2 aromatic rings. The number of benzene rings is 2. The molecule has 1 fully saturated rings. The number of hydrogen-bond donors (Lipinski definition) is 3. The molecule has 8 nitrogen and oxygen atoms in total. The van der Waals surface area contributed by atoms with Gasteiger partial charge < -0.3 is 9.84 Å². The van der Waals surface area contributed by atoms with Crippen molar-refractivity contribution >= 4 is 31.6 Å². The predicted octanol–water partition coefficient (Wildman–Crippen LogP) is 2.03. The van der Waals surface area contributed by atoms with Gasteiger partial charge in [-0.15, -0.1) is 0 Å². The lowest BCUT2D eigenvalue weighted by Crippen LogP contribution is -2.51. The Morgan fingerprint density at radius 2 is 1.72 bits per heavy atom. The first-order chi connectivity index (χ1) is 15.1. The van der Waals surface area contributed by atoms with Gasteiger partial charge >= 0.3 is 0 Å². The van der Waals surface area contributed by atoms with Gasteiger partial charge in [-0.2, -0.15) is 0 Å². The molecule has 176 valence electrons. The molecule has 1 aliphatic rings. The molecular formula is C20H24ClFN2O6S2. The topological polar surface area (TPSA) is 122 Å². The van der Waals surface area contributed by atoms with Crippen molar-refractivity contribution < 1.29 is 31.1 Å². The van der Waals surface area contributed by atoms with Gasteiger partial charge in [0, 0.05) is 11.6 Å². The predicted molar refractivity (Wildman–Crippen MR) is 117 cm³/mol. The Labute approximate surface area is 191 Å². The molecular weight excluding hydrogens is 483 g/mol. The molecule has 1 saturated heterocycles. The van der Waals surface area contributed by atoms with Crippen molar-refractivity contribution in [2.24, 2.45) is 0 Å². The molecule has 2 aromatic carbocycles. The van der Waals surface area contributed by atoms with Crippen molar-refractivity contribution in [3.8, 4) is 0 Å². The van der Waals surface area contributed by atoms with E-state index in [1.165, 1.54) is 30.3 Å². The highest BCUT2D eigenvalue weighted by Gasteiger charge is 2.34. The number of aliphatic hydroxyl groups is 1. The van der Waals surface area contributed by atoms with Crippen LogP contribution in [0.3, 0.4) is 0 Å². The maximum Gasteiger partial charge on any atom is 0.240 e. The van der Waals surface area contributed by atoms with Gasteiger partial charge in [0.25, 0.3) is 0 Å². The Kier molecular flexibility index (Phi) is 8.26. The normalized spacial score (nSPS) is 22.0. The van der Waals surface area contributed by atoms with E-state index in [4.69, 9.17) is 16.3 Å². The largest absolute Gasteiger partial charge is 0.394 e. The summed E-state index contributed by atoms with van der Waals surface area (Å²) in [5.41, 5.74) is 0. The molecule has 0 unspecified atom stereocenters. The monoisotopic (exact) mass is 506 g/mol. The third-order valence-corrected chi connectivity index (χ3v) is 8.25. The minimum absolute atomic E-state index is 0.00979. The summed E-state index contributed by atoms with van der Waals surface area (Å²) in [6.07, 6.45) is -0.0108. The van der Waals surface area contributed by atoms with E-state index in [9.17, 15) is 26.3 Å². The van der Waals surface area contributed by atoms with E-state index in [0.717, 1.165) is 12.1 Å². The minimum atomic E-state index is -3.87. The van der Waals surface area contributed by atoms with Gasteiger partial charge in [-0.25, -0.2) is 30.7 Å². The molecule has 0 bridgehead atoms. The first-order valence-corrected chi connectivity index (χ1v) is 13.2. The SMILES string of the molecule is O=S(=O)(NCC[C@H]1CC[C@H](NS(=O)(=O)c2cccc(Cl)c2)[C@H](CO)O1)c1cccc(F)c1. The van der Waals surface area contributed by atoms with Crippen LogP contribution in [-0.4, -0.2) is 53.3 Å². The molecule has 3 atom stereocenters. The maximum atomic E-state index is 13.3. The fraction of sp³-hybridized carbons (Fsp3) is 0.400. The summed E-state index contributed by atoms with van der Waals surface area (Å²) in [4.78, 5) is -0.165. The molecule has 1 aliphatic heterocycles. The van der Waals surface area contributed by atoms with E-state index < -0.39 is 44.6 Å². The average Bonchev–Trinajstić information content (AvgIpc) is 2.74. The number of sulfonamides is 2. The van der Waals surface area contributed by atoms with Crippen LogP contribution in [0.15, 0.2) is 58.3 Å². The van der Waals surface area contributed by atoms with Crippen LogP contribution in [0.4, 0.5) is 4.39 Å². The molecule has 1 heterocycles. The van der Waals surface area contributed by atoms with Crippen molar-refractivity contribution in [1.29, 1.82) is 0 Å². The van der Waals surface area contributed by atoms with Crippen LogP contribution in [0.1, 0.15) is 19.3 Å². The van der Waals surface area contributed by atoms with Crippen molar-refractivity contribution in [2.75, 3.05) is 13.2 Å². The molecule has 0 saturated carbocycles. The van der Waals surface area contributed by atoms with Gasteiger partial charge in [-0.05, 0) is 55.7 Å². The fourth-order valence-corrected chi connectivity index (χ4v) is 6.13. The summed E-state index contributed by atoms with van der Waals surface area (Å²) in [5, 5.41) is 9.98. The highest BCUT2D eigenvalue weighted by molar-refractivity contribution is 7.89. The first-order valence-electron chi connectivity index (χ1n) is 9.90. The molecule has 0 radical (unpaired) electrons. The molecule has 12 heteroatoms. The Morgan fingerprint density at radius 1 is 1.03 bits per heavy atom. The van der Waals surface area contributed by atoms with Gasteiger partial charge in [-0.1, -0.05) is 23.7 Å². The van der Waals surface area contributed by atoms with Crippen LogP contribution >= 0.6 is 11.6 Å². The van der Waals surface area contributed by atoms with Crippen LogP contribution in [0.5, 0.6) is 0 Å². The van der Waals surface area contributed by atoms with Crippen LogP contribution in [0.2, 0.25) is 5.02 Å². The summed E-state index contributed by atoms with van der Waals surface area (Å²) in [5.74, 6) is -0.652. The van der Waals surface area contributed by atoms with E-state index >= 15 is 0 Å². The second kappa shape index (κ2) is 10.6. The molecule has 3 N–H and O–H groups in total. The lowest BCUT2D eigenvalue weighted by atomic mass is 9.98. The van der Waals surface area contributed by atoms with E-state index in [1.54, 1.807) is 6.07 Å². The molecule has 0 spiro atoms. The summed E-state index contributed by atoms with van der Waals surface area (Å²) in [7, 11) is -7.73. The summed E-state index contributed by atoms with van der Waals surface area (Å²) >= 11 is 5.87. The lowest BCUT2D eigenvalue weighted by molar-refractivity contribution is -0.0869. The van der Waals surface area contributed by atoms with Crippen molar-refractivity contribution in [1.82, 2.24) is 9.44 Å². The summed E-state index contributed by atoms with van der Waals surface area (Å²) < 4.78 is 73.8. The fourth-order valence-electron chi connectivity index (χ4n) is 3.45. The summed E-state index contributed by atoms with van der Waals surface area (Å²) in [6.45, 7) is -0.366. The minimum Gasteiger partial charge on any atom is -0.394 e. The number of ether oxygens (including phenoxy) is 1. The third-order valence-electron chi connectivity index (χ3n) is 5.07. The third kappa shape index (κ3) is 6.47.